The van der Waals surface area contributed by atoms with Gasteiger partial charge in [-0.05, 0) is 73.3 Å². The van der Waals surface area contributed by atoms with Crippen molar-refractivity contribution in [1.82, 2.24) is 0 Å². The van der Waals surface area contributed by atoms with Gasteiger partial charge in [0.15, 0.2) is 0 Å². The number of hydrogen-bond donors (Lipinski definition) is 1. The lowest BCUT2D eigenvalue weighted by atomic mass is 10.1. The summed E-state index contributed by atoms with van der Waals surface area (Å²) in [6.45, 7) is 8.02. The van der Waals surface area contributed by atoms with Crippen molar-refractivity contribution in [3.05, 3.63) is 57.5 Å². The molecular formula is C16H18N2O. The first-order valence-corrected chi connectivity index (χ1v) is 6.29. The monoisotopic (exact) mass is 254 g/mol. The summed E-state index contributed by atoms with van der Waals surface area (Å²) in [4.78, 5) is 11.0. The Kier molecular flexibility index (Phi) is 3.65. The SMILES string of the molecule is Cc1cc(C)cc(Nc2cc(C)cc(C)c2N=O)c1. The molecule has 0 heterocycles. The van der Waals surface area contributed by atoms with Crippen LogP contribution < -0.4 is 5.32 Å². The second kappa shape index (κ2) is 5.22. The Morgan fingerprint density at radius 2 is 1.42 bits per heavy atom. The van der Waals surface area contributed by atoms with Crippen molar-refractivity contribution >= 4 is 17.1 Å². The third kappa shape index (κ3) is 2.99. The molecule has 0 aromatic heterocycles. The Hall–Kier alpha value is -2.16. The van der Waals surface area contributed by atoms with E-state index in [1.807, 2.05) is 26.0 Å². The van der Waals surface area contributed by atoms with E-state index in [9.17, 15) is 4.91 Å². The molecule has 0 aliphatic carbocycles. The lowest BCUT2D eigenvalue weighted by Crippen LogP contribution is -1.94. The molecule has 3 nitrogen and oxygen atoms in total. The Balaban J connectivity index is 2.45. The van der Waals surface area contributed by atoms with Crippen LogP contribution in [0.5, 0.6) is 0 Å². The van der Waals surface area contributed by atoms with Gasteiger partial charge < -0.3 is 5.32 Å². The number of benzene rings is 2. The molecular weight excluding hydrogens is 236 g/mol. The van der Waals surface area contributed by atoms with Gasteiger partial charge in [0.25, 0.3) is 0 Å². The standard InChI is InChI=1S/C16H18N2O/c1-10-5-11(2)8-14(7-10)17-15-9-12(3)6-13(4)16(15)18-19/h5-9,17H,1-4H3. The molecule has 0 amide bonds. The molecule has 2 aromatic rings. The van der Waals surface area contributed by atoms with Crippen molar-refractivity contribution in [3.8, 4) is 0 Å². The van der Waals surface area contributed by atoms with E-state index in [2.05, 4.69) is 42.5 Å². The Bertz CT molecular complexity index is 613. The zero-order valence-corrected chi connectivity index (χ0v) is 11.7. The molecule has 0 bridgehead atoms. The average molecular weight is 254 g/mol. The Labute approximate surface area is 113 Å². The first-order valence-electron chi connectivity index (χ1n) is 6.29. The maximum Gasteiger partial charge on any atom is 0.134 e. The van der Waals surface area contributed by atoms with Gasteiger partial charge in [-0.1, -0.05) is 12.1 Å². The summed E-state index contributed by atoms with van der Waals surface area (Å²) in [5.74, 6) is 0. The fourth-order valence-electron chi connectivity index (χ4n) is 2.38. The van der Waals surface area contributed by atoms with Gasteiger partial charge in [0.1, 0.15) is 5.69 Å². The summed E-state index contributed by atoms with van der Waals surface area (Å²) in [5, 5.41) is 6.43. The molecule has 0 aliphatic heterocycles. The van der Waals surface area contributed by atoms with Crippen LogP contribution in [0.25, 0.3) is 0 Å². The molecule has 3 heteroatoms. The fourth-order valence-corrected chi connectivity index (χ4v) is 2.38. The van der Waals surface area contributed by atoms with Crippen LogP contribution >= 0.6 is 0 Å². The van der Waals surface area contributed by atoms with Crippen LogP contribution in [0.2, 0.25) is 0 Å². The van der Waals surface area contributed by atoms with Crippen LogP contribution in [-0.2, 0) is 0 Å². The minimum Gasteiger partial charge on any atom is -0.354 e. The zero-order chi connectivity index (χ0) is 14.0. The maximum absolute atomic E-state index is 11.0. The van der Waals surface area contributed by atoms with Crippen LogP contribution in [0.4, 0.5) is 17.1 Å². The number of rotatable bonds is 3. The Morgan fingerprint density at radius 1 is 0.842 bits per heavy atom. The summed E-state index contributed by atoms with van der Waals surface area (Å²) >= 11 is 0. The highest BCUT2D eigenvalue weighted by Crippen LogP contribution is 2.33. The van der Waals surface area contributed by atoms with Gasteiger partial charge in [0, 0.05) is 5.69 Å². The predicted molar refractivity (Wildman–Crippen MR) is 80.6 cm³/mol. The number of anilines is 2. The highest BCUT2D eigenvalue weighted by Gasteiger charge is 2.08. The fraction of sp³-hybridized carbons (Fsp3) is 0.250. The molecule has 1 N–H and O–H groups in total. The summed E-state index contributed by atoms with van der Waals surface area (Å²) < 4.78 is 0. The molecule has 0 saturated heterocycles. The third-order valence-electron chi connectivity index (χ3n) is 3.04. The second-order valence-corrected chi connectivity index (χ2v) is 5.07. The molecule has 0 aliphatic rings. The largest absolute Gasteiger partial charge is 0.354 e. The highest BCUT2D eigenvalue weighted by molar-refractivity contribution is 5.75. The predicted octanol–water partition coefficient (Wildman–Crippen LogP) is 5.06. The quantitative estimate of drug-likeness (QED) is 0.777. The van der Waals surface area contributed by atoms with Crippen molar-refractivity contribution in [2.75, 3.05) is 5.32 Å². The lowest BCUT2D eigenvalue weighted by molar-refractivity contribution is 1.32. The molecule has 0 saturated carbocycles. The van der Waals surface area contributed by atoms with Crippen LogP contribution in [0.3, 0.4) is 0 Å². The van der Waals surface area contributed by atoms with Crippen molar-refractivity contribution in [3.63, 3.8) is 0 Å². The van der Waals surface area contributed by atoms with Gasteiger partial charge in [0.2, 0.25) is 0 Å². The van der Waals surface area contributed by atoms with Gasteiger partial charge in [-0.2, -0.15) is 0 Å². The van der Waals surface area contributed by atoms with Crippen LogP contribution in [-0.4, -0.2) is 0 Å². The summed E-state index contributed by atoms with van der Waals surface area (Å²) in [6.07, 6.45) is 0. The van der Waals surface area contributed by atoms with E-state index in [4.69, 9.17) is 0 Å². The number of nitrogens with one attached hydrogen (secondary N) is 1. The first-order chi connectivity index (χ1) is 8.99. The van der Waals surface area contributed by atoms with E-state index in [1.165, 1.54) is 11.1 Å². The van der Waals surface area contributed by atoms with E-state index in [0.717, 1.165) is 22.5 Å². The van der Waals surface area contributed by atoms with E-state index < -0.39 is 0 Å². The number of nitroso groups, excluding NO2 is 1. The number of nitrogens with zero attached hydrogens (tertiary/aromatic N) is 1. The van der Waals surface area contributed by atoms with Gasteiger partial charge in [0.05, 0.1) is 5.69 Å². The molecule has 0 spiro atoms. The van der Waals surface area contributed by atoms with Crippen molar-refractivity contribution in [1.29, 1.82) is 0 Å². The smallest absolute Gasteiger partial charge is 0.134 e. The lowest BCUT2D eigenvalue weighted by Gasteiger charge is -2.12. The molecule has 0 radical (unpaired) electrons. The van der Waals surface area contributed by atoms with Crippen LogP contribution in [0.15, 0.2) is 35.5 Å². The van der Waals surface area contributed by atoms with Crippen molar-refractivity contribution < 1.29 is 0 Å². The van der Waals surface area contributed by atoms with Gasteiger partial charge >= 0.3 is 0 Å². The van der Waals surface area contributed by atoms with Gasteiger partial charge in [-0.3, -0.25) is 0 Å². The molecule has 0 atom stereocenters. The van der Waals surface area contributed by atoms with E-state index in [1.54, 1.807) is 0 Å². The number of aryl methyl sites for hydroxylation is 4. The highest BCUT2D eigenvalue weighted by atomic mass is 16.3. The normalized spacial score (nSPS) is 10.3. The molecule has 0 fully saturated rings. The molecule has 0 unspecified atom stereocenters. The van der Waals surface area contributed by atoms with Crippen LogP contribution in [0.1, 0.15) is 22.3 Å². The van der Waals surface area contributed by atoms with Crippen molar-refractivity contribution in [2.45, 2.75) is 27.7 Å². The van der Waals surface area contributed by atoms with Gasteiger partial charge in [-0.25, -0.2) is 0 Å². The number of hydrogen-bond acceptors (Lipinski definition) is 3. The summed E-state index contributed by atoms with van der Waals surface area (Å²) in [7, 11) is 0. The van der Waals surface area contributed by atoms with Crippen molar-refractivity contribution in [2.24, 2.45) is 5.18 Å². The zero-order valence-electron chi connectivity index (χ0n) is 11.7. The van der Waals surface area contributed by atoms with E-state index in [-0.39, 0.29) is 0 Å². The first kappa shape index (κ1) is 13.3. The van der Waals surface area contributed by atoms with E-state index >= 15 is 0 Å². The summed E-state index contributed by atoms with van der Waals surface area (Å²) in [6, 6.07) is 10.1. The topological polar surface area (TPSA) is 41.5 Å². The minimum atomic E-state index is 0.477. The third-order valence-corrected chi connectivity index (χ3v) is 3.04. The molecule has 2 aromatic carbocycles. The maximum atomic E-state index is 11.0. The van der Waals surface area contributed by atoms with Gasteiger partial charge in [-0.15, -0.1) is 4.91 Å². The average Bonchev–Trinajstić information content (AvgIpc) is 2.26. The minimum absolute atomic E-state index is 0.477. The van der Waals surface area contributed by atoms with Crippen LogP contribution in [0, 0.1) is 32.6 Å². The molecule has 19 heavy (non-hydrogen) atoms. The Morgan fingerprint density at radius 3 is 2.00 bits per heavy atom. The summed E-state index contributed by atoms with van der Waals surface area (Å²) in [5.41, 5.74) is 6.59. The van der Waals surface area contributed by atoms with E-state index in [0.29, 0.717) is 5.69 Å². The molecule has 2 rings (SSSR count). The second-order valence-electron chi connectivity index (χ2n) is 5.07. The molecule has 98 valence electrons.